The van der Waals surface area contributed by atoms with Gasteiger partial charge in [0, 0.05) is 23.7 Å². The first kappa shape index (κ1) is 14.5. The minimum Gasteiger partial charge on any atom is -0.489 e. The number of nitrogens with zero attached hydrogens (tertiary/aromatic N) is 3. The van der Waals surface area contributed by atoms with Crippen LogP contribution < -0.4 is 4.74 Å². The van der Waals surface area contributed by atoms with Crippen molar-refractivity contribution >= 4 is 11.0 Å². The van der Waals surface area contributed by atoms with Crippen LogP contribution >= 0.6 is 0 Å². The van der Waals surface area contributed by atoms with E-state index in [2.05, 4.69) is 27.0 Å². The SMILES string of the molecule is C[C@H](CN(C)C)Oc1ccc(-c2[nH]nc3ncccc23)cc1. The van der Waals surface area contributed by atoms with Crippen LogP contribution in [0, 0.1) is 0 Å². The number of benzene rings is 1. The van der Waals surface area contributed by atoms with Gasteiger partial charge in [-0.05, 0) is 57.4 Å². The monoisotopic (exact) mass is 296 g/mol. The van der Waals surface area contributed by atoms with E-state index in [1.165, 1.54) is 0 Å². The molecule has 0 radical (unpaired) electrons. The lowest BCUT2D eigenvalue weighted by atomic mass is 10.1. The molecule has 0 spiro atoms. The van der Waals surface area contributed by atoms with Crippen molar-refractivity contribution in [3.05, 3.63) is 42.6 Å². The molecule has 0 saturated heterocycles. The molecule has 0 aliphatic rings. The maximum atomic E-state index is 5.91. The van der Waals surface area contributed by atoms with Crippen molar-refractivity contribution in [1.29, 1.82) is 0 Å². The molecule has 114 valence electrons. The lowest BCUT2D eigenvalue weighted by molar-refractivity contribution is 0.177. The highest BCUT2D eigenvalue weighted by atomic mass is 16.5. The molecule has 22 heavy (non-hydrogen) atoms. The molecule has 1 aromatic carbocycles. The van der Waals surface area contributed by atoms with E-state index in [0.29, 0.717) is 0 Å². The highest BCUT2D eigenvalue weighted by molar-refractivity contribution is 5.90. The van der Waals surface area contributed by atoms with E-state index >= 15 is 0 Å². The van der Waals surface area contributed by atoms with Crippen LogP contribution in [0.1, 0.15) is 6.92 Å². The lowest BCUT2D eigenvalue weighted by Gasteiger charge is -2.18. The molecule has 1 N–H and O–H groups in total. The van der Waals surface area contributed by atoms with Crippen LogP contribution in [0.25, 0.3) is 22.3 Å². The zero-order valence-electron chi connectivity index (χ0n) is 13.1. The standard InChI is InChI=1S/C17H20N4O/c1-12(11-21(2)3)22-14-8-6-13(7-9-14)16-15-5-4-10-18-17(15)20-19-16/h4-10,12H,11H2,1-3H3,(H,18,19,20)/t12-/m1/s1. The zero-order chi connectivity index (χ0) is 15.5. The number of aromatic amines is 1. The quantitative estimate of drug-likeness (QED) is 0.786. The molecular formula is C17H20N4O. The predicted molar refractivity (Wildman–Crippen MR) is 88.0 cm³/mol. The number of H-pyrrole nitrogens is 1. The van der Waals surface area contributed by atoms with Crippen LogP contribution in [0.5, 0.6) is 5.75 Å². The molecule has 5 heteroatoms. The zero-order valence-corrected chi connectivity index (χ0v) is 13.1. The van der Waals surface area contributed by atoms with Gasteiger partial charge in [0.2, 0.25) is 0 Å². The molecule has 3 rings (SSSR count). The number of aromatic nitrogens is 3. The van der Waals surface area contributed by atoms with Gasteiger partial charge in [0.1, 0.15) is 11.9 Å². The van der Waals surface area contributed by atoms with E-state index in [1.807, 2.05) is 50.5 Å². The minimum absolute atomic E-state index is 0.151. The third kappa shape index (κ3) is 3.09. The number of hydrogen-bond donors (Lipinski definition) is 1. The first-order chi connectivity index (χ1) is 10.6. The second-order valence-electron chi connectivity index (χ2n) is 5.69. The fourth-order valence-electron chi connectivity index (χ4n) is 2.55. The van der Waals surface area contributed by atoms with Crippen molar-refractivity contribution in [1.82, 2.24) is 20.1 Å². The largest absolute Gasteiger partial charge is 0.489 e. The summed E-state index contributed by atoms with van der Waals surface area (Å²) >= 11 is 0. The van der Waals surface area contributed by atoms with Gasteiger partial charge in [0.15, 0.2) is 5.65 Å². The van der Waals surface area contributed by atoms with E-state index < -0.39 is 0 Å². The Labute approximate surface area is 129 Å². The second kappa shape index (κ2) is 6.15. The summed E-state index contributed by atoms with van der Waals surface area (Å²) in [6.07, 6.45) is 1.90. The minimum atomic E-state index is 0.151. The van der Waals surface area contributed by atoms with Gasteiger partial charge in [0.05, 0.1) is 5.69 Å². The van der Waals surface area contributed by atoms with Crippen LogP contribution in [-0.2, 0) is 0 Å². The van der Waals surface area contributed by atoms with Gasteiger partial charge in [0.25, 0.3) is 0 Å². The highest BCUT2D eigenvalue weighted by Crippen LogP contribution is 2.26. The Hall–Kier alpha value is -2.40. The molecule has 1 atom stereocenters. The Morgan fingerprint density at radius 3 is 2.68 bits per heavy atom. The van der Waals surface area contributed by atoms with E-state index in [9.17, 15) is 0 Å². The van der Waals surface area contributed by atoms with Gasteiger partial charge >= 0.3 is 0 Å². The van der Waals surface area contributed by atoms with E-state index in [4.69, 9.17) is 4.74 Å². The van der Waals surface area contributed by atoms with Crippen molar-refractivity contribution < 1.29 is 4.74 Å². The molecule has 0 fully saturated rings. The van der Waals surface area contributed by atoms with Crippen molar-refractivity contribution in [2.75, 3.05) is 20.6 Å². The number of pyridine rings is 1. The summed E-state index contributed by atoms with van der Waals surface area (Å²) < 4.78 is 5.91. The average Bonchev–Trinajstić information content (AvgIpc) is 2.91. The first-order valence-corrected chi connectivity index (χ1v) is 7.34. The molecule has 0 aliphatic heterocycles. The number of ether oxygens (including phenoxy) is 1. The van der Waals surface area contributed by atoms with Gasteiger partial charge in [-0.3, -0.25) is 5.10 Å². The Balaban J connectivity index is 1.79. The predicted octanol–water partition coefficient (Wildman–Crippen LogP) is 2.95. The molecule has 2 aromatic heterocycles. The molecule has 2 heterocycles. The summed E-state index contributed by atoms with van der Waals surface area (Å²) in [5.74, 6) is 0.875. The number of rotatable bonds is 5. The Kier molecular flexibility index (Phi) is 4.06. The average molecular weight is 296 g/mol. The van der Waals surface area contributed by atoms with E-state index in [-0.39, 0.29) is 6.10 Å². The topological polar surface area (TPSA) is 54.0 Å². The third-order valence-corrected chi connectivity index (χ3v) is 3.43. The molecule has 3 aromatic rings. The molecule has 0 amide bonds. The highest BCUT2D eigenvalue weighted by Gasteiger charge is 2.09. The normalized spacial score (nSPS) is 12.7. The van der Waals surface area contributed by atoms with Crippen LogP contribution in [-0.4, -0.2) is 46.8 Å². The summed E-state index contributed by atoms with van der Waals surface area (Å²) in [5, 5.41) is 8.31. The summed E-state index contributed by atoms with van der Waals surface area (Å²) in [4.78, 5) is 6.35. The maximum Gasteiger partial charge on any atom is 0.181 e. The molecule has 0 aliphatic carbocycles. The summed E-state index contributed by atoms with van der Waals surface area (Å²) in [5.41, 5.74) is 2.79. The molecular weight excluding hydrogens is 276 g/mol. The molecule has 5 nitrogen and oxygen atoms in total. The molecule has 0 saturated carbocycles. The van der Waals surface area contributed by atoms with Crippen LogP contribution in [0.3, 0.4) is 0 Å². The van der Waals surface area contributed by atoms with Gasteiger partial charge in [-0.2, -0.15) is 5.10 Å². The van der Waals surface area contributed by atoms with Gasteiger partial charge in [-0.15, -0.1) is 0 Å². The maximum absolute atomic E-state index is 5.91. The molecule has 0 unspecified atom stereocenters. The number of likely N-dealkylation sites (N-methyl/N-ethyl adjacent to an activating group) is 1. The van der Waals surface area contributed by atoms with Crippen molar-refractivity contribution in [2.45, 2.75) is 13.0 Å². The third-order valence-electron chi connectivity index (χ3n) is 3.43. The summed E-state index contributed by atoms with van der Waals surface area (Å²) in [7, 11) is 4.08. The summed E-state index contributed by atoms with van der Waals surface area (Å²) in [6, 6.07) is 12.0. The van der Waals surface area contributed by atoms with Crippen molar-refractivity contribution in [3.63, 3.8) is 0 Å². The van der Waals surface area contributed by atoms with Crippen LogP contribution in [0.15, 0.2) is 42.6 Å². The first-order valence-electron chi connectivity index (χ1n) is 7.34. The number of hydrogen-bond acceptors (Lipinski definition) is 4. The van der Waals surface area contributed by atoms with Crippen LogP contribution in [0.4, 0.5) is 0 Å². The van der Waals surface area contributed by atoms with Crippen LogP contribution in [0.2, 0.25) is 0 Å². The van der Waals surface area contributed by atoms with E-state index in [1.54, 1.807) is 6.20 Å². The molecule has 0 bridgehead atoms. The van der Waals surface area contributed by atoms with Crippen molar-refractivity contribution in [3.8, 4) is 17.0 Å². The van der Waals surface area contributed by atoms with E-state index in [0.717, 1.165) is 34.6 Å². The fourth-order valence-corrected chi connectivity index (χ4v) is 2.55. The number of nitrogens with one attached hydrogen (secondary N) is 1. The smallest absolute Gasteiger partial charge is 0.181 e. The lowest BCUT2D eigenvalue weighted by Crippen LogP contribution is -2.27. The Morgan fingerprint density at radius 2 is 1.95 bits per heavy atom. The fraction of sp³-hybridized carbons (Fsp3) is 0.294. The second-order valence-corrected chi connectivity index (χ2v) is 5.69. The van der Waals surface area contributed by atoms with Gasteiger partial charge in [-0.1, -0.05) is 0 Å². The Morgan fingerprint density at radius 1 is 1.18 bits per heavy atom. The van der Waals surface area contributed by atoms with Crippen molar-refractivity contribution in [2.24, 2.45) is 0 Å². The number of fused-ring (bicyclic) bond motifs is 1. The Bertz CT molecular complexity index is 749. The summed E-state index contributed by atoms with van der Waals surface area (Å²) in [6.45, 7) is 2.96. The van der Waals surface area contributed by atoms with Gasteiger partial charge in [-0.25, -0.2) is 4.98 Å². The van der Waals surface area contributed by atoms with Gasteiger partial charge < -0.3 is 9.64 Å².